The average Bonchev–Trinajstić information content (AvgIpc) is 2.55. The Hall–Kier alpha value is -1.70. The van der Waals surface area contributed by atoms with Crippen LogP contribution >= 0.6 is 0 Å². The van der Waals surface area contributed by atoms with Gasteiger partial charge in [-0.1, -0.05) is 39.0 Å². The van der Waals surface area contributed by atoms with Crippen LogP contribution in [0.3, 0.4) is 0 Å². The average molecular weight is 298 g/mol. The minimum atomic E-state index is 1.14. The molecule has 2 heteroatoms. The highest BCUT2D eigenvalue weighted by atomic mass is 14.9. The van der Waals surface area contributed by atoms with E-state index in [0.717, 1.165) is 6.54 Å². The molecule has 0 aliphatic heterocycles. The molecule has 0 aliphatic rings. The van der Waals surface area contributed by atoms with Gasteiger partial charge in [-0.25, -0.2) is 9.13 Å². The van der Waals surface area contributed by atoms with Crippen LogP contribution in [0.2, 0.25) is 0 Å². The normalized spacial score (nSPS) is 10.8. The lowest BCUT2D eigenvalue weighted by molar-refractivity contribution is -0.697. The zero-order valence-corrected chi connectivity index (χ0v) is 14.2. The summed E-state index contributed by atoms with van der Waals surface area (Å²) in [5, 5.41) is 0. The molecule has 22 heavy (non-hydrogen) atoms. The summed E-state index contributed by atoms with van der Waals surface area (Å²) in [7, 11) is 2.05. The predicted octanol–water partition coefficient (Wildman–Crippen LogP) is 4.22. The van der Waals surface area contributed by atoms with Crippen molar-refractivity contribution in [2.24, 2.45) is 7.05 Å². The van der Waals surface area contributed by atoms with E-state index >= 15 is 0 Å². The smallest absolute Gasteiger partial charge is 0.169 e. The van der Waals surface area contributed by atoms with Crippen LogP contribution in [0.4, 0.5) is 0 Å². The second kappa shape index (κ2) is 9.34. The molecule has 2 nitrogen and oxygen atoms in total. The molecule has 0 aliphatic carbocycles. The maximum atomic E-state index is 2.30. The van der Waals surface area contributed by atoms with Gasteiger partial charge in [-0.3, -0.25) is 0 Å². The highest BCUT2D eigenvalue weighted by Crippen LogP contribution is 2.15. The molecule has 2 rings (SSSR count). The van der Waals surface area contributed by atoms with Crippen LogP contribution in [0, 0.1) is 0 Å². The maximum absolute atomic E-state index is 2.30. The van der Waals surface area contributed by atoms with Crippen LogP contribution in [-0.4, -0.2) is 0 Å². The van der Waals surface area contributed by atoms with Crippen molar-refractivity contribution in [1.29, 1.82) is 0 Å². The Morgan fingerprint density at radius 1 is 0.682 bits per heavy atom. The molecule has 0 aromatic carbocycles. The third-order valence-electron chi connectivity index (χ3n) is 4.22. The van der Waals surface area contributed by atoms with E-state index in [9.17, 15) is 0 Å². The third kappa shape index (κ3) is 5.59. The molecule has 0 fully saturated rings. The van der Waals surface area contributed by atoms with E-state index in [4.69, 9.17) is 0 Å². The molecule has 2 aromatic rings. The monoisotopic (exact) mass is 298 g/mol. The van der Waals surface area contributed by atoms with Gasteiger partial charge in [-0.15, -0.1) is 0 Å². The van der Waals surface area contributed by atoms with E-state index in [1.54, 1.807) is 0 Å². The molecule has 0 unspecified atom stereocenters. The fraction of sp³-hybridized carbons (Fsp3) is 0.500. The van der Waals surface area contributed by atoms with Gasteiger partial charge in [0.05, 0.1) is 0 Å². The quantitative estimate of drug-likeness (QED) is 0.484. The number of nitrogens with zero attached hydrogens (tertiary/aromatic N) is 2. The molecule has 0 N–H and O–H groups in total. The first-order valence-corrected chi connectivity index (χ1v) is 8.74. The van der Waals surface area contributed by atoms with Crippen LogP contribution in [-0.2, 0) is 13.6 Å². The second-order valence-electron chi connectivity index (χ2n) is 6.20. The second-order valence-corrected chi connectivity index (χ2v) is 6.20. The molecule has 118 valence electrons. The van der Waals surface area contributed by atoms with Crippen molar-refractivity contribution in [3.63, 3.8) is 0 Å². The van der Waals surface area contributed by atoms with Gasteiger partial charge in [-0.2, -0.15) is 0 Å². The largest absolute Gasteiger partial charge is 0.208 e. The number of aromatic nitrogens is 2. The number of hydrogen-bond acceptors (Lipinski definition) is 0. The Balaban J connectivity index is 1.74. The Bertz CT molecular complexity index is 529. The number of hydrogen-bond donors (Lipinski definition) is 0. The molecular formula is C20H30N2+2. The summed E-state index contributed by atoms with van der Waals surface area (Å²) < 4.78 is 4.37. The summed E-state index contributed by atoms with van der Waals surface area (Å²) >= 11 is 0. The highest BCUT2D eigenvalue weighted by molar-refractivity contribution is 5.60. The Morgan fingerprint density at radius 3 is 1.77 bits per heavy atom. The summed E-state index contributed by atoms with van der Waals surface area (Å²) in [6, 6.07) is 8.76. The molecule has 2 aromatic heterocycles. The Morgan fingerprint density at radius 2 is 1.18 bits per heavy atom. The minimum Gasteiger partial charge on any atom is -0.208 e. The molecule has 0 saturated heterocycles. The standard InChI is InChI=1S/C20H30N2/c1-3-4-5-6-7-8-9-14-22-17-12-20(13-18-22)19-10-15-21(2)16-11-19/h10-13,15-18H,3-9,14H2,1-2H3/q+2. The molecule has 0 spiro atoms. The zero-order chi connectivity index (χ0) is 15.6. The van der Waals surface area contributed by atoms with Gasteiger partial charge < -0.3 is 0 Å². The summed E-state index contributed by atoms with van der Waals surface area (Å²) in [6.45, 7) is 3.41. The van der Waals surface area contributed by atoms with Crippen molar-refractivity contribution in [2.45, 2.75) is 58.4 Å². The van der Waals surface area contributed by atoms with E-state index in [1.165, 1.54) is 56.1 Å². The van der Waals surface area contributed by atoms with Crippen molar-refractivity contribution in [3.05, 3.63) is 49.1 Å². The molecular weight excluding hydrogens is 268 g/mol. The molecule has 0 radical (unpaired) electrons. The molecule has 0 bridgehead atoms. The minimum absolute atomic E-state index is 1.14. The van der Waals surface area contributed by atoms with Crippen molar-refractivity contribution >= 4 is 0 Å². The predicted molar refractivity (Wildman–Crippen MR) is 91.2 cm³/mol. The number of aryl methyl sites for hydroxylation is 2. The van der Waals surface area contributed by atoms with Gasteiger partial charge in [0.15, 0.2) is 24.8 Å². The van der Waals surface area contributed by atoms with Gasteiger partial charge in [-0.05, 0) is 17.5 Å². The van der Waals surface area contributed by atoms with E-state index in [-0.39, 0.29) is 0 Å². The topological polar surface area (TPSA) is 7.76 Å². The lowest BCUT2D eigenvalue weighted by atomic mass is 10.1. The van der Waals surface area contributed by atoms with E-state index in [1.807, 2.05) is 7.05 Å². The number of rotatable bonds is 9. The lowest BCUT2D eigenvalue weighted by Gasteiger charge is -2.01. The first kappa shape index (κ1) is 16.7. The summed E-state index contributed by atoms with van der Waals surface area (Å²) in [6.07, 6.45) is 18.2. The Labute approximate surface area is 135 Å². The van der Waals surface area contributed by atoms with Crippen LogP contribution in [0.15, 0.2) is 49.1 Å². The summed E-state index contributed by atoms with van der Waals surface area (Å²) in [5.74, 6) is 0. The number of unbranched alkanes of at least 4 members (excludes halogenated alkanes) is 6. The molecule has 0 saturated carbocycles. The summed E-state index contributed by atoms with van der Waals surface area (Å²) in [4.78, 5) is 0. The van der Waals surface area contributed by atoms with Gasteiger partial charge in [0.1, 0.15) is 13.6 Å². The summed E-state index contributed by atoms with van der Waals surface area (Å²) in [5.41, 5.74) is 2.57. The van der Waals surface area contributed by atoms with Crippen molar-refractivity contribution < 1.29 is 9.13 Å². The van der Waals surface area contributed by atoms with Crippen LogP contribution in [0.1, 0.15) is 51.9 Å². The first-order chi connectivity index (χ1) is 10.8. The Kier molecular flexibility index (Phi) is 7.08. The molecule has 0 atom stereocenters. The van der Waals surface area contributed by atoms with E-state index < -0.39 is 0 Å². The SMILES string of the molecule is CCCCCCCCC[n+]1ccc(-c2cc[n+](C)cc2)cc1. The van der Waals surface area contributed by atoms with Gasteiger partial charge >= 0.3 is 0 Å². The van der Waals surface area contributed by atoms with Gasteiger partial charge in [0.25, 0.3) is 0 Å². The van der Waals surface area contributed by atoms with Gasteiger partial charge in [0.2, 0.25) is 0 Å². The van der Waals surface area contributed by atoms with Crippen molar-refractivity contribution in [2.75, 3.05) is 0 Å². The lowest BCUT2D eigenvalue weighted by Crippen LogP contribution is -2.32. The van der Waals surface area contributed by atoms with Crippen LogP contribution < -0.4 is 9.13 Å². The third-order valence-corrected chi connectivity index (χ3v) is 4.22. The number of pyridine rings is 2. The molecule has 2 heterocycles. The maximum Gasteiger partial charge on any atom is 0.169 e. The fourth-order valence-electron chi connectivity index (χ4n) is 2.74. The van der Waals surface area contributed by atoms with Crippen LogP contribution in [0.5, 0.6) is 0 Å². The van der Waals surface area contributed by atoms with E-state index in [2.05, 4.69) is 65.1 Å². The fourth-order valence-corrected chi connectivity index (χ4v) is 2.74. The molecule has 0 amide bonds. The van der Waals surface area contributed by atoms with Gasteiger partial charge in [0, 0.05) is 30.7 Å². The zero-order valence-electron chi connectivity index (χ0n) is 14.2. The van der Waals surface area contributed by atoms with E-state index in [0.29, 0.717) is 0 Å². The van der Waals surface area contributed by atoms with Crippen LogP contribution in [0.25, 0.3) is 11.1 Å². The first-order valence-electron chi connectivity index (χ1n) is 8.74. The van der Waals surface area contributed by atoms with Crippen molar-refractivity contribution in [3.8, 4) is 11.1 Å². The van der Waals surface area contributed by atoms with Crippen molar-refractivity contribution in [1.82, 2.24) is 0 Å². The highest BCUT2D eigenvalue weighted by Gasteiger charge is 2.04.